The fourth-order valence-corrected chi connectivity index (χ4v) is 3.25. The molecule has 1 atom stereocenters. The van der Waals surface area contributed by atoms with Gasteiger partial charge in [0.2, 0.25) is 0 Å². The number of aromatic nitrogens is 1. The highest BCUT2D eigenvalue weighted by Crippen LogP contribution is 2.26. The average Bonchev–Trinajstić information content (AvgIpc) is 3.15. The minimum Gasteiger partial charge on any atom is -0.465 e. The maximum Gasteiger partial charge on any atom is 0.311 e. The predicted molar refractivity (Wildman–Crippen MR) is 85.7 cm³/mol. The van der Waals surface area contributed by atoms with Gasteiger partial charge in [-0.25, -0.2) is 4.98 Å². The first-order chi connectivity index (χ1) is 10.7. The maximum absolute atomic E-state index is 11.9. The largest absolute Gasteiger partial charge is 0.465 e. The minimum absolute atomic E-state index is 0.206. The molecule has 0 bridgehead atoms. The number of thiazole rings is 1. The summed E-state index contributed by atoms with van der Waals surface area (Å²) in [6.45, 7) is 2.41. The first kappa shape index (κ1) is 15.0. The van der Waals surface area contributed by atoms with Crippen molar-refractivity contribution in [1.82, 2.24) is 4.98 Å². The van der Waals surface area contributed by atoms with Crippen LogP contribution in [0.15, 0.2) is 34.1 Å². The third-order valence-electron chi connectivity index (χ3n) is 3.69. The van der Waals surface area contributed by atoms with Crippen LogP contribution in [-0.2, 0) is 16.0 Å². The summed E-state index contributed by atoms with van der Waals surface area (Å²) >= 11 is 1.48. The Labute approximate surface area is 133 Å². The highest BCUT2D eigenvalue weighted by molar-refractivity contribution is 7.13. The van der Waals surface area contributed by atoms with E-state index in [2.05, 4.69) is 17.1 Å². The van der Waals surface area contributed by atoms with Crippen LogP contribution in [0.2, 0.25) is 0 Å². The summed E-state index contributed by atoms with van der Waals surface area (Å²) < 4.78 is 10.9. The number of ether oxygens (including phenoxy) is 1. The molecule has 2 aromatic heterocycles. The zero-order valence-corrected chi connectivity index (χ0v) is 13.4. The SMILES string of the molecule is Cc1ccc(-c2nc(CC(=O)OC[C@@H]3CC=CCC3)cs2)o1. The van der Waals surface area contributed by atoms with Gasteiger partial charge >= 0.3 is 5.97 Å². The van der Waals surface area contributed by atoms with Crippen LogP contribution < -0.4 is 0 Å². The van der Waals surface area contributed by atoms with E-state index < -0.39 is 0 Å². The topological polar surface area (TPSA) is 52.3 Å². The summed E-state index contributed by atoms with van der Waals surface area (Å²) in [4.78, 5) is 16.3. The van der Waals surface area contributed by atoms with Crippen LogP contribution in [0.3, 0.4) is 0 Å². The highest BCUT2D eigenvalue weighted by atomic mass is 32.1. The molecule has 0 saturated carbocycles. The molecule has 0 N–H and O–H groups in total. The van der Waals surface area contributed by atoms with Crippen molar-refractivity contribution in [2.24, 2.45) is 5.92 Å². The molecule has 116 valence electrons. The summed E-state index contributed by atoms with van der Waals surface area (Å²) in [5.41, 5.74) is 0.739. The lowest BCUT2D eigenvalue weighted by atomic mass is 9.95. The molecule has 2 heterocycles. The predicted octanol–water partition coefficient (Wildman–Crippen LogP) is 4.15. The van der Waals surface area contributed by atoms with Gasteiger partial charge < -0.3 is 9.15 Å². The maximum atomic E-state index is 11.9. The number of hydrogen-bond donors (Lipinski definition) is 0. The molecule has 0 radical (unpaired) electrons. The Morgan fingerprint density at radius 3 is 3.09 bits per heavy atom. The van der Waals surface area contributed by atoms with Gasteiger partial charge in [-0.2, -0.15) is 0 Å². The van der Waals surface area contributed by atoms with Crippen molar-refractivity contribution in [3.8, 4) is 10.8 Å². The second kappa shape index (κ2) is 6.92. The first-order valence-corrected chi connectivity index (χ1v) is 8.40. The van der Waals surface area contributed by atoms with Crippen molar-refractivity contribution in [1.29, 1.82) is 0 Å². The van der Waals surface area contributed by atoms with Gasteiger partial charge in [0.15, 0.2) is 10.8 Å². The van der Waals surface area contributed by atoms with Crippen molar-refractivity contribution in [2.45, 2.75) is 32.6 Å². The van der Waals surface area contributed by atoms with Crippen molar-refractivity contribution >= 4 is 17.3 Å². The van der Waals surface area contributed by atoms with Crippen molar-refractivity contribution in [3.63, 3.8) is 0 Å². The lowest BCUT2D eigenvalue weighted by Crippen LogP contribution is -2.16. The Balaban J connectivity index is 1.51. The summed E-state index contributed by atoms with van der Waals surface area (Å²) in [5.74, 6) is 1.86. The van der Waals surface area contributed by atoms with Gasteiger partial charge in [-0.05, 0) is 44.2 Å². The Morgan fingerprint density at radius 1 is 1.45 bits per heavy atom. The molecule has 0 spiro atoms. The number of carbonyl (C=O) groups is 1. The minimum atomic E-state index is -0.206. The van der Waals surface area contributed by atoms with Crippen molar-refractivity contribution < 1.29 is 13.9 Å². The van der Waals surface area contributed by atoms with E-state index in [9.17, 15) is 4.79 Å². The third kappa shape index (κ3) is 3.85. The van der Waals surface area contributed by atoms with Gasteiger partial charge in [0, 0.05) is 5.38 Å². The van der Waals surface area contributed by atoms with E-state index in [1.54, 1.807) is 0 Å². The number of allylic oxidation sites excluding steroid dienone is 2. The van der Waals surface area contributed by atoms with Crippen LogP contribution in [0.25, 0.3) is 10.8 Å². The Morgan fingerprint density at radius 2 is 2.36 bits per heavy atom. The van der Waals surface area contributed by atoms with Crippen LogP contribution in [0.5, 0.6) is 0 Å². The lowest BCUT2D eigenvalue weighted by molar-refractivity contribution is -0.144. The average molecular weight is 317 g/mol. The molecule has 0 aromatic carbocycles. The van der Waals surface area contributed by atoms with Gasteiger partial charge in [-0.3, -0.25) is 4.79 Å². The van der Waals surface area contributed by atoms with Crippen LogP contribution in [0, 0.1) is 12.8 Å². The standard InChI is InChI=1S/C17H19NO3S/c1-12-7-8-15(21-12)17-18-14(11-22-17)9-16(19)20-10-13-5-3-2-4-6-13/h2-3,7-8,11,13H,4-6,9-10H2,1H3/t13-/m1/s1. The molecule has 22 heavy (non-hydrogen) atoms. The number of hydrogen-bond acceptors (Lipinski definition) is 5. The van der Waals surface area contributed by atoms with E-state index in [1.165, 1.54) is 11.3 Å². The number of carbonyl (C=O) groups excluding carboxylic acids is 1. The summed E-state index contributed by atoms with van der Waals surface area (Å²) in [5, 5.41) is 2.69. The molecular formula is C17H19NO3S. The molecule has 0 unspecified atom stereocenters. The molecule has 4 nitrogen and oxygen atoms in total. The fourth-order valence-electron chi connectivity index (χ4n) is 2.47. The normalized spacial score (nSPS) is 17.6. The van der Waals surface area contributed by atoms with E-state index in [1.807, 2.05) is 24.4 Å². The molecule has 1 aliphatic rings. The highest BCUT2D eigenvalue weighted by Gasteiger charge is 2.15. The molecule has 5 heteroatoms. The van der Waals surface area contributed by atoms with E-state index in [4.69, 9.17) is 9.15 Å². The van der Waals surface area contributed by atoms with Crippen molar-refractivity contribution in [3.05, 3.63) is 41.1 Å². The van der Waals surface area contributed by atoms with Gasteiger partial charge in [0.1, 0.15) is 5.76 Å². The Bertz CT molecular complexity index is 671. The molecule has 1 aliphatic carbocycles. The number of furan rings is 1. The van der Waals surface area contributed by atoms with E-state index in [0.29, 0.717) is 12.5 Å². The lowest BCUT2D eigenvalue weighted by Gasteiger charge is -2.17. The molecule has 3 rings (SSSR count). The summed E-state index contributed by atoms with van der Waals surface area (Å²) in [6.07, 6.45) is 7.76. The third-order valence-corrected chi connectivity index (χ3v) is 4.59. The van der Waals surface area contributed by atoms with E-state index in [0.717, 1.165) is 41.5 Å². The summed E-state index contributed by atoms with van der Waals surface area (Å²) in [6, 6.07) is 3.80. The van der Waals surface area contributed by atoms with Crippen LogP contribution in [-0.4, -0.2) is 17.6 Å². The second-order valence-electron chi connectivity index (χ2n) is 5.56. The molecule has 0 saturated heterocycles. The monoisotopic (exact) mass is 317 g/mol. The smallest absolute Gasteiger partial charge is 0.311 e. The Hall–Kier alpha value is -1.88. The Kier molecular flexibility index (Phi) is 4.73. The molecular weight excluding hydrogens is 298 g/mol. The van der Waals surface area contributed by atoms with Gasteiger partial charge in [-0.1, -0.05) is 12.2 Å². The van der Waals surface area contributed by atoms with Gasteiger partial charge in [0.25, 0.3) is 0 Å². The zero-order chi connectivity index (χ0) is 15.4. The number of rotatable bonds is 5. The van der Waals surface area contributed by atoms with E-state index >= 15 is 0 Å². The van der Waals surface area contributed by atoms with Gasteiger partial charge in [0.05, 0.1) is 18.7 Å². The summed E-state index contributed by atoms with van der Waals surface area (Å²) in [7, 11) is 0. The second-order valence-corrected chi connectivity index (χ2v) is 6.42. The molecule has 0 amide bonds. The molecule has 2 aromatic rings. The number of aryl methyl sites for hydroxylation is 1. The van der Waals surface area contributed by atoms with Gasteiger partial charge in [-0.15, -0.1) is 11.3 Å². The van der Waals surface area contributed by atoms with Crippen LogP contribution in [0.1, 0.15) is 30.7 Å². The number of nitrogens with zero attached hydrogens (tertiary/aromatic N) is 1. The van der Waals surface area contributed by atoms with Crippen LogP contribution >= 0.6 is 11.3 Å². The molecule has 0 aliphatic heterocycles. The number of esters is 1. The fraction of sp³-hybridized carbons (Fsp3) is 0.412. The zero-order valence-electron chi connectivity index (χ0n) is 12.6. The van der Waals surface area contributed by atoms with Crippen LogP contribution in [0.4, 0.5) is 0 Å². The quantitative estimate of drug-likeness (QED) is 0.614. The molecule has 0 fully saturated rings. The first-order valence-electron chi connectivity index (χ1n) is 7.52. The van der Waals surface area contributed by atoms with Crippen molar-refractivity contribution in [2.75, 3.05) is 6.61 Å². The van der Waals surface area contributed by atoms with E-state index in [-0.39, 0.29) is 12.4 Å².